The third-order valence-electron chi connectivity index (χ3n) is 3.06. The molecule has 0 heterocycles. The summed E-state index contributed by atoms with van der Waals surface area (Å²) >= 11 is 0. The molecule has 1 aromatic carbocycles. The topological polar surface area (TPSA) is 46.6 Å². The smallest absolute Gasteiger partial charge is 0.330 e. The van der Waals surface area contributed by atoms with E-state index in [1.165, 1.54) is 25.7 Å². The molecule has 0 aromatic heterocycles. The number of hydrogen-bond donors (Lipinski definition) is 0. The van der Waals surface area contributed by atoms with Crippen molar-refractivity contribution in [3.63, 3.8) is 0 Å². The van der Waals surface area contributed by atoms with Crippen molar-refractivity contribution < 1.29 is 14.3 Å². The second-order valence-electron chi connectivity index (χ2n) is 4.44. The maximum atomic E-state index is 11.5. The molecule has 122 valence electrons. The summed E-state index contributed by atoms with van der Waals surface area (Å²) in [6.07, 6.45) is 2.35. The first-order valence-corrected chi connectivity index (χ1v) is 7.75. The van der Waals surface area contributed by atoms with E-state index in [4.69, 9.17) is 0 Å². The molecule has 1 aromatic rings. The normalized spacial score (nSPS) is 10.2. The van der Waals surface area contributed by atoms with E-state index in [0.29, 0.717) is 12.2 Å². The van der Waals surface area contributed by atoms with Gasteiger partial charge in [-0.2, -0.15) is 0 Å². The van der Waals surface area contributed by atoms with Crippen LogP contribution in [0.1, 0.15) is 38.1 Å². The second-order valence-corrected chi connectivity index (χ2v) is 4.44. The lowest BCUT2D eigenvalue weighted by atomic mass is 10.1. The van der Waals surface area contributed by atoms with Crippen LogP contribution in [-0.4, -0.2) is 42.9 Å². The fourth-order valence-corrected chi connectivity index (χ4v) is 1.70. The number of ketones is 1. The van der Waals surface area contributed by atoms with Gasteiger partial charge in [0.1, 0.15) is 0 Å². The lowest BCUT2D eigenvalue weighted by Crippen LogP contribution is -2.21. The van der Waals surface area contributed by atoms with Crippen LogP contribution in [0.5, 0.6) is 0 Å². The molecule has 0 aliphatic carbocycles. The lowest BCUT2D eigenvalue weighted by molar-refractivity contribution is -0.137. The first kappa shape index (κ1) is 20.1. The molecule has 0 aliphatic rings. The molecule has 0 fully saturated rings. The largest absolute Gasteiger partial charge is 0.463 e. The first-order chi connectivity index (χ1) is 10.6. The highest BCUT2D eigenvalue weighted by Gasteiger charge is 2.01. The van der Waals surface area contributed by atoms with Crippen molar-refractivity contribution >= 4 is 11.8 Å². The summed E-state index contributed by atoms with van der Waals surface area (Å²) in [4.78, 5) is 24.8. The Morgan fingerprint density at radius 1 is 0.955 bits per heavy atom. The Kier molecular flexibility index (Phi) is 11.6. The second kappa shape index (κ2) is 12.8. The average molecular weight is 305 g/mol. The highest BCUT2D eigenvalue weighted by Crippen LogP contribution is 2.00. The molecule has 4 nitrogen and oxygen atoms in total. The molecule has 0 N–H and O–H groups in total. The molecule has 0 amide bonds. The number of rotatable bonds is 7. The standard InChI is InChI=1S/C12H12O3.C6H15N/c1-2-15-12(14)9-8-11(13)10-6-4-3-5-7-10;1-4-7(5-2)6-3/h3-9H,2H2,1H3;4-6H2,1-3H3. The molecule has 0 spiro atoms. The summed E-state index contributed by atoms with van der Waals surface area (Å²) in [5, 5.41) is 0. The highest BCUT2D eigenvalue weighted by molar-refractivity contribution is 6.06. The van der Waals surface area contributed by atoms with Crippen LogP contribution in [0, 0.1) is 0 Å². The van der Waals surface area contributed by atoms with Crippen molar-refractivity contribution in [2.45, 2.75) is 27.7 Å². The molecular weight excluding hydrogens is 278 g/mol. The molecule has 0 atom stereocenters. The van der Waals surface area contributed by atoms with Crippen LogP contribution in [0.2, 0.25) is 0 Å². The number of carbonyl (C=O) groups excluding carboxylic acids is 2. The molecule has 1 rings (SSSR count). The number of allylic oxidation sites excluding steroid dienone is 1. The minimum atomic E-state index is -0.498. The van der Waals surface area contributed by atoms with Crippen molar-refractivity contribution in [3.05, 3.63) is 48.0 Å². The predicted octanol–water partition coefficient (Wildman–Crippen LogP) is 3.34. The van der Waals surface area contributed by atoms with Gasteiger partial charge in [0.25, 0.3) is 0 Å². The van der Waals surface area contributed by atoms with Crippen molar-refractivity contribution in [2.75, 3.05) is 26.2 Å². The van der Waals surface area contributed by atoms with Crippen LogP contribution in [0.25, 0.3) is 0 Å². The summed E-state index contributed by atoms with van der Waals surface area (Å²) in [5.74, 6) is -0.703. The minimum Gasteiger partial charge on any atom is -0.463 e. The van der Waals surface area contributed by atoms with Gasteiger partial charge in [-0.25, -0.2) is 4.79 Å². The summed E-state index contributed by atoms with van der Waals surface area (Å²) in [5.41, 5.74) is 0.554. The monoisotopic (exact) mass is 305 g/mol. The van der Waals surface area contributed by atoms with Gasteiger partial charge in [-0.1, -0.05) is 51.1 Å². The van der Waals surface area contributed by atoms with Gasteiger partial charge < -0.3 is 9.64 Å². The summed E-state index contributed by atoms with van der Waals surface area (Å²) in [7, 11) is 0. The molecule has 0 radical (unpaired) electrons. The maximum Gasteiger partial charge on any atom is 0.330 e. The van der Waals surface area contributed by atoms with Gasteiger partial charge >= 0.3 is 5.97 Å². The first-order valence-electron chi connectivity index (χ1n) is 7.75. The zero-order valence-corrected chi connectivity index (χ0v) is 14.0. The van der Waals surface area contributed by atoms with E-state index in [1.807, 2.05) is 6.07 Å². The minimum absolute atomic E-state index is 0.205. The van der Waals surface area contributed by atoms with E-state index < -0.39 is 5.97 Å². The van der Waals surface area contributed by atoms with Gasteiger partial charge in [-0.3, -0.25) is 4.79 Å². The number of hydrogen-bond acceptors (Lipinski definition) is 4. The van der Waals surface area contributed by atoms with Gasteiger partial charge in [0.05, 0.1) is 6.61 Å². The number of esters is 1. The molecule has 4 heteroatoms. The Morgan fingerprint density at radius 3 is 1.91 bits per heavy atom. The summed E-state index contributed by atoms with van der Waals surface area (Å²) in [6.45, 7) is 12.1. The Balaban J connectivity index is 0.000000534. The lowest BCUT2D eigenvalue weighted by Gasteiger charge is -2.13. The number of ether oxygens (including phenoxy) is 1. The Hall–Kier alpha value is -1.94. The predicted molar refractivity (Wildman–Crippen MR) is 90.0 cm³/mol. The highest BCUT2D eigenvalue weighted by atomic mass is 16.5. The van der Waals surface area contributed by atoms with Crippen LogP contribution in [0.3, 0.4) is 0 Å². The SMILES string of the molecule is CCN(CC)CC.CCOC(=O)C=CC(=O)c1ccccc1. The van der Waals surface area contributed by atoms with Crippen molar-refractivity contribution in [3.8, 4) is 0 Å². The Labute approximate surface area is 133 Å². The molecule has 0 bridgehead atoms. The van der Waals surface area contributed by atoms with Gasteiger partial charge in [0.15, 0.2) is 5.78 Å². The van der Waals surface area contributed by atoms with Crippen LogP contribution in [0.15, 0.2) is 42.5 Å². The van der Waals surface area contributed by atoms with Gasteiger partial charge in [-0.15, -0.1) is 0 Å². The van der Waals surface area contributed by atoms with Gasteiger partial charge in [0, 0.05) is 11.6 Å². The van der Waals surface area contributed by atoms with Crippen LogP contribution < -0.4 is 0 Å². The third-order valence-corrected chi connectivity index (χ3v) is 3.06. The van der Waals surface area contributed by atoms with E-state index in [0.717, 1.165) is 6.08 Å². The third kappa shape index (κ3) is 9.08. The number of carbonyl (C=O) groups is 2. The van der Waals surface area contributed by atoms with E-state index in [2.05, 4.69) is 30.4 Å². The number of benzene rings is 1. The van der Waals surface area contributed by atoms with Gasteiger partial charge in [0.2, 0.25) is 0 Å². The maximum absolute atomic E-state index is 11.5. The van der Waals surface area contributed by atoms with Crippen LogP contribution in [-0.2, 0) is 9.53 Å². The number of nitrogens with zero attached hydrogens (tertiary/aromatic N) is 1. The summed E-state index contributed by atoms with van der Waals surface area (Å²) < 4.78 is 4.65. The molecule has 0 saturated carbocycles. The van der Waals surface area contributed by atoms with Crippen LogP contribution in [0.4, 0.5) is 0 Å². The van der Waals surface area contributed by atoms with Crippen LogP contribution >= 0.6 is 0 Å². The Morgan fingerprint density at radius 2 is 1.50 bits per heavy atom. The van der Waals surface area contributed by atoms with Crippen molar-refractivity contribution in [2.24, 2.45) is 0 Å². The molecular formula is C18H27NO3. The van der Waals surface area contributed by atoms with E-state index in [1.54, 1.807) is 31.2 Å². The van der Waals surface area contributed by atoms with Crippen molar-refractivity contribution in [1.29, 1.82) is 0 Å². The Bertz CT molecular complexity index is 445. The molecule has 0 unspecified atom stereocenters. The van der Waals surface area contributed by atoms with E-state index >= 15 is 0 Å². The zero-order chi connectivity index (χ0) is 16.8. The quantitative estimate of drug-likeness (QED) is 0.440. The molecule has 0 aliphatic heterocycles. The van der Waals surface area contributed by atoms with Gasteiger partial charge in [-0.05, 0) is 32.6 Å². The van der Waals surface area contributed by atoms with Crippen molar-refractivity contribution in [1.82, 2.24) is 4.90 Å². The summed E-state index contributed by atoms with van der Waals surface area (Å²) in [6, 6.07) is 8.75. The molecule has 22 heavy (non-hydrogen) atoms. The average Bonchev–Trinajstić information content (AvgIpc) is 2.56. The van der Waals surface area contributed by atoms with E-state index in [9.17, 15) is 9.59 Å². The zero-order valence-electron chi connectivity index (χ0n) is 14.0. The fraction of sp³-hybridized carbons (Fsp3) is 0.444. The fourth-order valence-electron chi connectivity index (χ4n) is 1.70. The molecule has 0 saturated heterocycles. The van der Waals surface area contributed by atoms with E-state index in [-0.39, 0.29) is 5.78 Å².